The van der Waals surface area contributed by atoms with E-state index < -0.39 is 5.91 Å². The van der Waals surface area contributed by atoms with Crippen LogP contribution in [0.3, 0.4) is 0 Å². The van der Waals surface area contributed by atoms with E-state index in [2.05, 4.69) is 15.2 Å². The fourth-order valence-corrected chi connectivity index (χ4v) is 1.16. The van der Waals surface area contributed by atoms with Gasteiger partial charge in [0.2, 0.25) is 0 Å². The average molecular weight is 203 g/mol. The maximum absolute atomic E-state index is 10.9. The van der Waals surface area contributed by atoms with E-state index in [0.29, 0.717) is 0 Å². The quantitative estimate of drug-likeness (QED) is 0.589. The number of aromatic nitrogens is 4. The third kappa shape index (κ3) is 1.14. The molecular formula is C7H5N7O. The van der Waals surface area contributed by atoms with Gasteiger partial charge in [-0.2, -0.15) is 5.26 Å². The number of rotatable bonds is 1. The normalized spacial score (nSPS) is 10.1. The summed E-state index contributed by atoms with van der Waals surface area (Å²) in [6, 6.07) is 1.83. The Kier molecular flexibility index (Phi) is 1.73. The monoisotopic (exact) mass is 203 g/mol. The van der Waals surface area contributed by atoms with Crippen molar-refractivity contribution in [1.29, 1.82) is 5.26 Å². The Morgan fingerprint density at radius 3 is 2.87 bits per heavy atom. The van der Waals surface area contributed by atoms with Crippen LogP contribution in [0.2, 0.25) is 0 Å². The summed E-state index contributed by atoms with van der Waals surface area (Å²) in [5.74, 6) is -0.765. The van der Waals surface area contributed by atoms with Crippen LogP contribution in [0.25, 0.3) is 5.65 Å². The zero-order valence-electron chi connectivity index (χ0n) is 7.38. The fraction of sp³-hybridized carbons (Fsp3) is 0. The Morgan fingerprint density at radius 1 is 1.53 bits per heavy atom. The van der Waals surface area contributed by atoms with Crippen molar-refractivity contribution < 1.29 is 4.79 Å². The average Bonchev–Trinajstić information content (AvgIpc) is 2.61. The molecule has 0 saturated heterocycles. The summed E-state index contributed by atoms with van der Waals surface area (Å²) < 4.78 is 1.27. The fourth-order valence-electron chi connectivity index (χ4n) is 1.16. The molecule has 0 radical (unpaired) electrons. The first kappa shape index (κ1) is 8.89. The standard InChI is InChI=1S/C7H5N7O/c8-1-3-5(9)12-13-7-4(6(10)15)11-2-14(3)7/h2H,9H2,(H2,10,15). The second-order valence-corrected chi connectivity index (χ2v) is 2.70. The number of carbonyl (C=O) groups is 1. The number of nitrogens with zero attached hydrogens (tertiary/aromatic N) is 5. The molecule has 8 nitrogen and oxygen atoms in total. The molecule has 1 amide bonds. The number of nitrogen functional groups attached to an aromatic ring is 1. The lowest BCUT2D eigenvalue weighted by Gasteiger charge is -1.98. The highest BCUT2D eigenvalue weighted by Gasteiger charge is 2.15. The van der Waals surface area contributed by atoms with E-state index in [1.54, 1.807) is 0 Å². The number of amides is 1. The molecule has 0 aromatic carbocycles. The lowest BCUT2D eigenvalue weighted by Crippen LogP contribution is -2.13. The number of anilines is 1. The molecule has 0 fully saturated rings. The van der Waals surface area contributed by atoms with Crippen LogP contribution in [0.4, 0.5) is 5.82 Å². The molecule has 4 N–H and O–H groups in total. The molecule has 8 heteroatoms. The van der Waals surface area contributed by atoms with Gasteiger partial charge in [-0.3, -0.25) is 9.20 Å². The first-order chi connectivity index (χ1) is 7.15. The molecule has 2 heterocycles. The van der Waals surface area contributed by atoms with E-state index in [4.69, 9.17) is 16.7 Å². The third-order valence-corrected chi connectivity index (χ3v) is 1.82. The van der Waals surface area contributed by atoms with E-state index in [-0.39, 0.29) is 22.9 Å². The lowest BCUT2D eigenvalue weighted by molar-refractivity contribution is 0.0997. The van der Waals surface area contributed by atoms with Crippen molar-refractivity contribution in [3.63, 3.8) is 0 Å². The maximum atomic E-state index is 10.9. The molecule has 0 aliphatic rings. The van der Waals surface area contributed by atoms with Gasteiger partial charge in [-0.05, 0) is 0 Å². The number of fused-ring (bicyclic) bond motifs is 1. The second-order valence-electron chi connectivity index (χ2n) is 2.70. The Bertz CT molecular complexity index is 593. The predicted molar refractivity (Wildman–Crippen MR) is 48.4 cm³/mol. The van der Waals surface area contributed by atoms with Gasteiger partial charge in [0.15, 0.2) is 22.9 Å². The van der Waals surface area contributed by atoms with Gasteiger partial charge in [-0.1, -0.05) is 0 Å². The summed E-state index contributed by atoms with van der Waals surface area (Å²) in [7, 11) is 0. The van der Waals surface area contributed by atoms with E-state index >= 15 is 0 Å². The smallest absolute Gasteiger partial charge is 0.271 e. The number of nitrogens with two attached hydrogens (primary N) is 2. The van der Waals surface area contributed by atoms with Crippen molar-refractivity contribution in [1.82, 2.24) is 19.6 Å². The molecular weight excluding hydrogens is 198 g/mol. The highest BCUT2D eigenvalue weighted by atomic mass is 16.1. The summed E-state index contributed by atoms with van der Waals surface area (Å²) in [6.07, 6.45) is 1.25. The molecule has 15 heavy (non-hydrogen) atoms. The van der Waals surface area contributed by atoms with Crippen molar-refractivity contribution in [2.45, 2.75) is 0 Å². The van der Waals surface area contributed by atoms with Crippen molar-refractivity contribution in [3.8, 4) is 6.07 Å². The third-order valence-electron chi connectivity index (χ3n) is 1.82. The van der Waals surface area contributed by atoms with Crippen LogP contribution >= 0.6 is 0 Å². The van der Waals surface area contributed by atoms with Crippen LogP contribution in [-0.2, 0) is 0 Å². The Morgan fingerprint density at radius 2 is 2.27 bits per heavy atom. The number of hydrogen-bond donors (Lipinski definition) is 2. The highest BCUT2D eigenvalue weighted by molar-refractivity contribution is 5.96. The van der Waals surface area contributed by atoms with Gasteiger partial charge in [0.25, 0.3) is 5.91 Å². The Labute approximate surface area is 83.1 Å². The molecule has 0 spiro atoms. The predicted octanol–water partition coefficient (Wildman–Crippen LogP) is -1.32. The first-order valence-corrected chi connectivity index (χ1v) is 3.84. The minimum Gasteiger partial charge on any atom is -0.380 e. The van der Waals surface area contributed by atoms with Crippen molar-refractivity contribution in [2.75, 3.05) is 5.73 Å². The second kappa shape index (κ2) is 2.91. The van der Waals surface area contributed by atoms with E-state index in [0.717, 1.165) is 0 Å². The van der Waals surface area contributed by atoms with Gasteiger partial charge in [-0.25, -0.2) is 4.98 Å². The largest absolute Gasteiger partial charge is 0.380 e. The molecule has 74 valence electrons. The molecule has 0 atom stereocenters. The van der Waals surface area contributed by atoms with Crippen LogP contribution in [0.5, 0.6) is 0 Å². The van der Waals surface area contributed by atoms with Crippen LogP contribution in [0, 0.1) is 11.3 Å². The van der Waals surface area contributed by atoms with Gasteiger partial charge in [0.1, 0.15) is 12.4 Å². The zero-order valence-corrected chi connectivity index (χ0v) is 7.38. The van der Waals surface area contributed by atoms with Gasteiger partial charge in [0.05, 0.1) is 0 Å². The zero-order chi connectivity index (χ0) is 11.0. The molecule has 0 saturated carbocycles. The summed E-state index contributed by atoms with van der Waals surface area (Å²) in [4.78, 5) is 14.6. The first-order valence-electron chi connectivity index (χ1n) is 3.84. The molecule has 2 rings (SSSR count). The number of carbonyl (C=O) groups excluding carboxylic acids is 1. The maximum Gasteiger partial charge on any atom is 0.271 e. The SMILES string of the molecule is N#Cc1c(N)nnc2c(C(N)=O)ncn12. The van der Waals surface area contributed by atoms with E-state index in [1.807, 2.05) is 6.07 Å². The Balaban J connectivity index is 2.88. The number of primary amides is 1. The molecule has 0 aliphatic heterocycles. The van der Waals surface area contributed by atoms with Gasteiger partial charge in [-0.15, -0.1) is 10.2 Å². The van der Waals surface area contributed by atoms with Gasteiger partial charge in [0, 0.05) is 0 Å². The highest BCUT2D eigenvalue weighted by Crippen LogP contribution is 2.11. The van der Waals surface area contributed by atoms with Crippen LogP contribution in [-0.4, -0.2) is 25.5 Å². The molecule has 2 aromatic rings. The number of imidazole rings is 1. The minimum atomic E-state index is -0.736. The summed E-state index contributed by atoms with van der Waals surface area (Å²) in [5, 5.41) is 16.0. The molecule has 2 aromatic heterocycles. The lowest BCUT2D eigenvalue weighted by atomic mass is 10.4. The summed E-state index contributed by atoms with van der Waals surface area (Å²) >= 11 is 0. The molecule has 0 aliphatic carbocycles. The summed E-state index contributed by atoms with van der Waals surface area (Å²) in [5.41, 5.74) is 10.6. The minimum absolute atomic E-state index is 0.0292. The number of nitriles is 1. The molecule has 0 bridgehead atoms. The number of hydrogen-bond acceptors (Lipinski definition) is 6. The van der Waals surface area contributed by atoms with Crippen LogP contribution < -0.4 is 11.5 Å². The van der Waals surface area contributed by atoms with Gasteiger partial charge < -0.3 is 11.5 Å². The molecule has 0 unspecified atom stereocenters. The van der Waals surface area contributed by atoms with Gasteiger partial charge >= 0.3 is 0 Å². The van der Waals surface area contributed by atoms with Crippen molar-refractivity contribution >= 4 is 17.4 Å². The van der Waals surface area contributed by atoms with Crippen molar-refractivity contribution in [2.24, 2.45) is 5.73 Å². The van der Waals surface area contributed by atoms with E-state index in [1.165, 1.54) is 10.7 Å². The summed E-state index contributed by atoms with van der Waals surface area (Å²) in [6.45, 7) is 0. The van der Waals surface area contributed by atoms with Crippen LogP contribution in [0.15, 0.2) is 6.33 Å². The van der Waals surface area contributed by atoms with Crippen molar-refractivity contribution in [3.05, 3.63) is 17.7 Å². The topological polar surface area (TPSA) is 136 Å². The van der Waals surface area contributed by atoms with Crippen LogP contribution in [0.1, 0.15) is 16.2 Å². The van der Waals surface area contributed by atoms with E-state index in [9.17, 15) is 4.79 Å². The Hall–Kier alpha value is -2.69.